The van der Waals surface area contributed by atoms with Crippen molar-refractivity contribution in [2.45, 2.75) is 57.6 Å². The van der Waals surface area contributed by atoms with Crippen molar-refractivity contribution in [2.24, 2.45) is 4.99 Å². The van der Waals surface area contributed by atoms with Crippen LogP contribution >= 0.6 is 24.0 Å². The Morgan fingerprint density at radius 1 is 1.19 bits per heavy atom. The van der Waals surface area contributed by atoms with E-state index in [2.05, 4.69) is 32.2 Å². The monoisotopic (exact) mass is 567 g/mol. The van der Waals surface area contributed by atoms with Crippen LogP contribution in [0.4, 0.5) is 0 Å². The summed E-state index contributed by atoms with van der Waals surface area (Å²) in [6, 6.07) is 7.35. The summed E-state index contributed by atoms with van der Waals surface area (Å²) in [5.41, 5.74) is 0.106. The molecule has 1 aromatic rings. The molecule has 0 amide bonds. The molecule has 1 fully saturated rings. The largest absolute Gasteiger partial charge is 0.379 e. The fourth-order valence-corrected chi connectivity index (χ4v) is 4.90. The third kappa shape index (κ3) is 9.60. The van der Waals surface area contributed by atoms with Crippen molar-refractivity contribution in [3.8, 4) is 0 Å². The number of benzene rings is 1. The summed E-state index contributed by atoms with van der Waals surface area (Å²) in [7, 11) is -3.63. The van der Waals surface area contributed by atoms with E-state index in [-0.39, 0.29) is 35.4 Å². The van der Waals surface area contributed by atoms with E-state index in [9.17, 15) is 8.42 Å². The van der Waals surface area contributed by atoms with Gasteiger partial charge in [0.15, 0.2) is 5.96 Å². The minimum Gasteiger partial charge on any atom is -0.379 e. The summed E-state index contributed by atoms with van der Waals surface area (Å²) >= 11 is 0. The topological polar surface area (TPSA) is 95.1 Å². The molecular weight excluding hydrogens is 529 g/mol. The van der Waals surface area contributed by atoms with Gasteiger partial charge < -0.3 is 15.4 Å². The van der Waals surface area contributed by atoms with Gasteiger partial charge in [0.2, 0.25) is 10.0 Å². The summed E-state index contributed by atoms with van der Waals surface area (Å²) in [6.45, 7) is 14.8. The van der Waals surface area contributed by atoms with Crippen molar-refractivity contribution >= 4 is 40.0 Å². The van der Waals surface area contributed by atoms with Crippen molar-refractivity contribution in [2.75, 3.05) is 39.4 Å². The van der Waals surface area contributed by atoms with Crippen LogP contribution in [0.1, 0.15) is 40.2 Å². The predicted octanol–water partition coefficient (Wildman–Crippen LogP) is 2.16. The molecule has 0 saturated carbocycles. The molecule has 1 aliphatic heterocycles. The Hall–Kier alpha value is -0.950. The first-order valence-electron chi connectivity index (χ1n) is 10.6. The van der Waals surface area contributed by atoms with Crippen LogP contribution in [0.3, 0.4) is 0 Å². The van der Waals surface area contributed by atoms with Crippen LogP contribution in [0, 0.1) is 0 Å². The first-order chi connectivity index (χ1) is 14.1. The third-order valence-electron chi connectivity index (χ3n) is 4.69. The minimum absolute atomic E-state index is 0. The first-order valence-corrected chi connectivity index (χ1v) is 12.1. The fraction of sp³-hybridized carbons (Fsp3) is 0.667. The molecule has 1 aliphatic rings. The van der Waals surface area contributed by atoms with Crippen LogP contribution < -0.4 is 15.4 Å². The number of halogens is 1. The van der Waals surface area contributed by atoms with Gasteiger partial charge in [0, 0.05) is 37.8 Å². The number of morpholine rings is 1. The highest BCUT2D eigenvalue weighted by Gasteiger charge is 2.24. The summed E-state index contributed by atoms with van der Waals surface area (Å²) in [4.78, 5) is 7.28. The number of nitrogens with zero attached hydrogens (tertiary/aromatic N) is 2. The SMILES string of the molecule is CCNC(=NCc1ccccc1S(=O)(=O)NC(C)(C)C)NCC(C)N1CCOCC1.I. The van der Waals surface area contributed by atoms with E-state index in [4.69, 9.17) is 4.74 Å². The zero-order chi connectivity index (χ0) is 22.2. The Labute approximate surface area is 204 Å². The van der Waals surface area contributed by atoms with Gasteiger partial charge in [0.1, 0.15) is 0 Å². The normalized spacial score (nSPS) is 17.0. The van der Waals surface area contributed by atoms with Gasteiger partial charge in [-0.15, -0.1) is 24.0 Å². The Bertz CT molecular complexity index is 805. The first kappa shape index (κ1) is 28.1. The van der Waals surface area contributed by atoms with Crippen LogP contribution in [-0.4, -0.2) is 70.3 Å². The van der Waals surface area contributed by atoms with E-state index >= 15 is 0 Å². The van der Waals surface area contributed by atoms with E-state index in [1.165, 1.54) is 0 Å². The maximum Gasteiger partial charge on any atom is 0.241 e. The van der Waals surface area contributed by atoms with Crippen LogP contribution in [0.5, 0.6) is 0 Å². The van der Waals surface area contributed by atoms with Gasteiger partial charge in [0.25, 0.3) is 0 Å². The van der Waals surface area contributed by atoms with Crippen LogP contribution in [-0.2, 0) is 21.3 Å². The standard InChI is InChI=1S/C21H37N5O3S.HI/c1-6-22-20(23-15-17(2)26-11-13-29-14-12-26)24-16-18-9-7-8-10-19(18)30(27,28)25-21(3,4)5;/h7-10,17,25H,6,11-16H2,1-5H3,(H2,22,23,24);1H. The van der Waals surface area contributed by atoms with Gasteiger partial charge in [-0.2, -0.15) is 0 Å². The van der Waals surface area contributed by atoms with Crippen molar-refractivity contribution in [3.05, 3.63) is 29.8 Å². The molecule has 8 nitrogen and oxygen atoms in total. The minimum atomic E-state index is -3.63. The molecule has 1 heterocycles. The van der Waals surface area contributed by atoms with E-state index in [0.717, 1.165) is 39.4 Å². The van der Waals surface area contributed by atoms with Crippen molar-refractivity contribution in [3.63, 3.8) is 0 Å². The molecule has 1 atom stereocenters. The molecule has 10 heteroatoms. The average molecular weight is 568 g/mol. The van der Waals surface area contributed by atoms with Gasteiger partial charge in [-0.1, -0.05) is 18.2 Å². The second-order valence-electron chi connectivity index (χ2n) is 8.54. The molecule has 2 rings (SSSR count). The summed E-state index contributed by atoms with van der Waals surface area (Å²) in [6.07, 6.45) is 0. The van der Waals surface area contributed by atoms with Gasteiger partial charge in [-0.05, 0) is 46.2 Å². The average Bonchev–Trinajstić information content (AvgIpc) is 2.69. The van der Waals surface area contributed by atoms with E-state index in [0.29, 0.717) is 17.6 Å². The van der Waals surface area contributed by atoms with Crippen molar-refractivity contribution in [1.29, 1.82) is 0 Å². The maximum atomic E-state index is 12.8. The highest BCUT2D eigenvalue weighted by molar-refractivity contribution is 14.0. The Morgan fingerprint density at radius 3 is 2.45 bits per heavy atom. The van der Waals surface area contributed by atoms with Crippen LogP contribution in [0.15, 0.2) is 34.2 Å². The molecule has 1 saturated heterocycles. The number of sulfonamides is 1. The third-order valence-corrected chi connectivity index (χ3v) is 6.55. The summed E-state index contributed by atoms with van der Waals surface area (Å²) in [5.74, 6) is 0.675. The Kier molecular flexibility index (Phi) is 11.7. The molecule has 0 aromatic heterocycles. The number of ether oxygens (including phenoxy) is 1. The number of aliphatic imine (C=N–C) groups is 1. The molecule has 0 aliphatic carbocycles. The number of rotatable bonds is 8. The van der Waals surface area contributed by atoms with Crippen molar-refractivity contribution < 1.29 is 13.2 Å². The lowest BCUT2D eigenvalue weighted by Gasteiger charge is -2.32. The second kappa shape index (κ2) is 12.9. The van der Waals surface area contributed by atoms with Crippen LogP contribution in [0.2, 0.25) is 0 Å². The maximum absolute atomic E-state index is 12.8. The number of guanidine groups is 1. The van der Waals surface area contributed by atoms with Gasteiger partial charge >= 0.3 is 0 Å². The Morgan fingerprint density at radius 2 is 1.84 bits per heavy atom. The lowest BCUT2D eigenvalue weighted by molar-refractivity contribution is 0.0211. The number of nitrogens with one attached hydrogen (secondary N) is 3. The molecule has 3 N–H and O–H groups in total. The lowest BCUT2D eigenvalue weighted by Crippen LogP contribution is -2.49. The van der Waals surface area contributed by atoms with Crippen molar-refractivity contribution in [1.82, 2.24) is 20.3 Å². The summed E-state index contributed by atoms with van der Waals surface area (Å²) in [5, 5.41) is 6.61. The number of hydrogen-bond donors (Lipinski definition) is 3. The predicted molar refractivity (Wildman–Crippen MR) is 137 cm³/mol. The number of hydrogen-bond acceptors (Lipinski definition) is 5. The van der Waals surface area contributed by atoms with E-state index in [1.54, 1.807) is 18.2 Å². The van der Waals surface area contributed by atoms with Gasteiger partial charge in [0.05, 0.1) is 24.7 Å². The van der Waals surface area contributed by atoms with E-state index in [1.807, 2.05) is 33.8 Å². The van der Waals surface area contributed by atoms with Gasteiger partial charge in [-0.3, -0.25) is 4.90 Å². The zero-order valence-corrected chi connectivity index (χ0v) is 22.4. The van der Waals surface area contributed by atoms with E-state index < -0.39 is 15.6 Å². The molecule has 178 valence electrons. The van der Waals surface area contributed by atoms with Crippen LogP contribution in [0.25, 0.3) is 0 Å². The van der Waals surface area contributed by atoms with Gasteiger partial charge in [-0.25, -0.2) is 18.1 Å². The highest BCUT2D eigenvalue weighted by atomic mass is 127. The summed E-state index contributed by atoms with van der Waals surface area (Å²) < 4.78 is 33.8. The molecule has 1 aromatic carbocycles. The molecule has 0 bridgehead atoms. The molecule has 31 heavy (non-hydrogen) atoms. The molecule has 0 radical (unpaired) electrons. The molecular formula is C21H38IN5O3S. The molecule has 0 spiro atoms. The second-order valence-corrected chi connectivity index (χ2v) is 10.2. The smallest absolute Gasteiger partial charge is 0.241 e. The fourth-order valence-electron chi connectivity index (χ4n) is 3.25. The lowest BCUT2D eigenvalue weighted by atomic mass is 10.1. The molecule has 1 unspecified atom stereocenters. The quantitative estimate of drug-likeness (QED) is 0.253. The Balaban J connectivity index is 0.00000480. The highest BCUT2D eigenvalue weighted by Crippen LogP contribution is 2.18. The zero-order valence-electron chi connectivity index (χ0n) is 19.3.